The fraction of sp³-hybridized carbons (Fsp3) is 0.565. The Morgan fingerprint density at radius 2 is 1.97 bits per heavy atom. The molecule has 1 aliphatic carbocycles. The fourth-order valence-corrected chi connectivity index (χ4v) is 5.46. The highest BCUT2D eigenvalue weighted by atomic mass is 35.5. The van der Waals surface area contributed by atoms with E-state index in [-0.39, 0.29) is 4.90 Å². The minimum Gasteiger partial charge on any atom is -0.478 e. The van der Waals surface area contributed by atoms with Gasteiger partial charge in [-0.2, -0.15) is 0 Å². The van der Waals surface area contributed by atoms with E-state index in [2.05, 4.69) is 21.8 Å². The summed E-state index contributed by atoms with van der Waals surface area (Å²) in [5, 5.41) is 0.708. The average Bonchev–Trinajstić information content (AvgIpc) is 3.53. The highest BCUT2D eigenvalue weighted by Crippen LogP contribution is 2.50. The first kappa shape index (κ1) is 22.3. The van der Waals surface area contributed by atoms with Crippen LogP contribution < -0.4 is 9.64 Å². The van der Waals surface area contributed by atoms with E-state index in [4.69, 9.17) is 16.3 Å². The van der Waals surface area contributed by atoms with Crippen molar-refractivity contribution < 1.29 is 13.2 Å². The molecule has 2 unspecified atom stereocenters. The highest BCUT2D eigenvalue weighted by Gasteiger charge is 2.43. The first-order chi connectivity index (χ1) is 14.8. The van der Waals surface area contributed by atoms with Gasteiger partial charge in [0.2, 0.25) is 5.88 Å². The van der Waals surface area contributed by atoms with E-state index < -0.39 is 9.84 Å². The zero-order valence-electron chi connectivity index (χ0n) is 18.1. The van der Waals surface area contributed by atoms with Crippen molar-refractivity contribution in [3.8, 4) is 5.88 Å². The van der Waals surface area contributed by atoms with E-state index in [1.165, 1.54) is 37.3 Å². The summed E-state index contributed by atoms with van der Waals surface area (Å²) in [5.41, 5.74) is 1.23. The van der Waals surface area contributed by atoms with Crippen molar-refractivity contribution in [2.24, 2.45) is 17.8 Å². The molecule has 2 aromatic rings. The lowest BCUT2D eigenvalue weighted by molar-refractivity contribution is 0.276. The second kappa shape index (κ2) is 9.33. The van der Waals surface area contributed by atoms with Crippen molar-refractivity contribution in [3.63, 3.8) is 0 Å². The van der Waals surface area contributed by atoms with Crippen molar-refractivity contribution in [1.82, 2.24) is 9.97 Å². The maximum absolute atomic E-state index is 11.5. The van der Waals surface area contributed by atoms with Crippen LogP contribution in [0, 0.1) is 17.8 Å². The summed E-state index contributed by atoms with van der Waals surface area (Å²) in [6, 6.07) is 5.22. The van der Waals surface area contributed by atoms with E-state index in [9.17, 15) is 8.42 Å². The zero-order chi connectivity index (χ0) is 22.0. The predicted octanol–water partition coefficient (Wildman–Crippen LogP) is 4.42. The van der Waals surface area contributed by atoms with Crippen molar-refractivity contribution in [3.05, 3.63) is 41.2 Å². The second-order valence-electron chi connectivity index (χ2n) is 8.72. The molecule has 2 atom stereocenters. The van der Waals surface area contributed by atoms with Gasteiger partial charge in [-0.3, -0.25) is 0 Å². The number of aryl methyl sites for hydroxylation is 1. The molecule has 2 aliphatic rings. The Kier molecular flexibility index (Phi) is 6.72. The van der Waals surface area contributed by atoms with Gasteiger partial charge in [-0.1, -0.05) is 18.5 Å². The van der Waals surface area contributed by atoms with E-state index in [0.717, 1.165) is 49.5 Å². The van der Waals surface area contributed by atoms with Crippen LogP contribution in [0.25, 0.3) is 0 Å². The number of sulfone groups is 1. The zero-order valence-corrected chi connectivity index (χ0v) is 19.7. The van der Waals surface area contributed by atoms with Gasteiger partial charge in [0.1, 0.15) is 5.82 Å². The molecule has 0 N–H and O–H groups in total. The van der Waals surface area contributed by atoms with Gasteiger partial charge in [-0.25, -0.2) is 18.4 Å². The lowest BCUT2D eigenvalue weighted by Crippen LogP contribution is -2.35. The third kappa shape index (κ3) is 5.50. The van der Waals surface area contributed by atoms with E-state index in [1.54, 1.807) is 18.3 Å². The Balaban J connectivity index is 1.21. The Hall–Kier alpha value is -1.86. The first-order valence-corrected chi connectivity index (χ1v) is 13.3. The molecule has 0 radical (unpaired) electrons. The number of hydrogen-bond donors (Lipinski definition) is 0. The van der Waals surface area contributed by atoms with Crippen molar-refractivity contribution in [2.75, 3.05) is 30.9 Å². The monoisotopic (exact) mass is 463 g/mol. The summed E-state index contributed by atoms with van der Waals surface area (Å²) < 4.78 is 28.7. The normalized spacial score (nSPS) is 21.8. The maximum Gasteiger partial charge on any atom is 0.213 e. The van der Waals surface area contributed by atoms with Crippen LogP contribution in [0.4, 0.5) is 5.82 Å². The summed E-state index contributed by atoms with van der Waals surface area (Å²) in [6.45, 7) is 4.89. The molecular weight excluding hydrogens is 434 g/mol. The molecular formula is C23H30ClN3O3S. The van der Waals surface area contributed by atoms with Gasteiger partial charge in [0.25, 0.3) is 0 Å². The molecule has 1 aliphatic heterocycles. The Morgan fingerprint density at radius 1 is 1.19 bits per heavy atom. The number of hydrogen-bond acceptors (Lipinski definition) is 6. The summed E-state index contributed by atoms with van der Waals surface area (Å²) in [6.07, 6.45) is 9.97. The quantitative estimate of drug-likeness (QED) is 0.577. The minimum absolute atomic E-state index is 0.216. The van der Waals surface area contributed by atoms with Crippen LogP contribution in [-0.2, 0) is 16.3 Å². The molecule has 8 heteroatoms. The van der Waals surface area contributed by atoms with Gasteiger partial charge >= 0.3 is 0 Å². The Labute approximate surface area is 189 Å². The molecule has 0 amide bonds. The number of nitrogens with zero attached hydrogens (tertiary/aromatic N) is 3. The molecule has 0 bridgehead atoms. The second-order valence-corrected chi connectivity index (χ2v) is 11.2. The third-order valence-electron chi connectivity index (χ3n) is 6.59. The predicted molar refractivity (Wildman–Crippen MR) is 123 cm³/mol. The van der Waals surface area contributed by atoms with Crippen molar-refractivity contribution in [1.29, 1.82) is 0 Å². The molecule has 0 spiro atoms. The van der Waals surface area contributed by atoms with Crippen LogP contribution in [-0.4, -0.2) is 44.3 Å². The van der Waals surface area contributed by atoms with Crippen molar-refractivity contribution >= 4 is 27.3 Å². The van der Waals surface area contributed by atoms with Crippen molar-refractivity contribution in [2.45, 2.75) is 43.9 Å². The molecule has 3 heterocycles. The number of aromatic nitrogens is 2. The van der Waals surface area contributed by atoms with Crippen LogP contribution in [0.1, 0.15) is 38.2 Å². The van der Waals surface area contributed by atoms with Gasteiger partial charge in [0.05, 0.1) is 16.5 Å². The Bertz CT molecular complexity index is 1010. The van der Waals surface area contributed by atoms with Gasteiger partial charge in [-0.05, 0) is 67.6 Å². The number of halogens is 1. The van der Waals surface area contributed by atoms with Crippen LogP contribution in [0.15, 0.2) is 35.5 Å². The molecule has 6 nitrogen and oxygen atoms in total. The molecule has 4 rings (SSSR count). The van der Waals surface area contributed by atoms with Gasteiger partial charge in [0, 0.05) is 37.8 Å². The number of ether oxygens (including phenoxy) is 1. The van der Waals surface area contributed by atoms with Crippen LogP contribution in [0.3, 0.4) is 0 Å². The fourth-order valence-electron chi connectivity index (χ4n) is 4.72. The molecule has 1 saturated heterocycles. The molecule has 2 fully saturated rings. The number of piperidine rings is 1. The van der Waals surface area contributed by atoms with E-state index in [1.807, 2.05) is 6.07 Å². The van der Waals surface area contributed by atoms with Crippen LogP contribution >= 0.6 is 11.6 Å². The number of pyridine rings is 2. The minimum atomic E-state index is -3.22. The smallest absolute Gasteiger partial charge is 0.213 e. The lowest BCUT2D eigenvalue weighted by atomic mass is 9.90. The van der Waals surface area contributed by atoms with Gasteiger partial charge in [0.15, 0.2) is 9.84 Å². The molecule has 2 aromatic heterocycles. The maximum atomic E-state index is 11.5. The SMILES string of the molecule is CCc1cc(Cl)cnc1N1CCC(C2CC2CCOc2ccc(S(C)(=O)=O)cn2)CC1. The largest absolute Gasteiger partial charge is 0.478 e. The lowest BCUT2D eigenvalue weighted by Gasteiger charge is -2.34. The molecule has 31 heavy (non-hydrogen) atoms. The molecule has 1 saturated carbocycles. The topological polar surface area (TPSA) is 72.4 Å². The summed E-state index contributed by atoms with van der Waals surface area (Å²) in [7, 11) is -3.22. The number of anilines is 1. The Morgan fingerprint density at radius 3 is 2.61 bits per heavy atom. The molecule has 168 valence electrons. The standard InChI is InChI=1S/C23H30ClN3O3S/c1-3-16-12-19(24)14-26-23(16)27-9-6-17(7-10-27)21-13-18(21)8-11-30-22-5-4-20(15-25-22)31(2,28)29/h4-5,12,14-15,17-18,21H,3,6-11,13H2,1-2H3. The summed E-state index contributed by atoms with van der Waals surface area (Å²) >= 11 is 6.11. The third-order valence-corrected chi connectivity index (χ3v) is 7.89. The van der Waals surface area contributed by atoms with Crippen LogP contribution in [0.2, 0.25) is 5.02 Å². The van der Waals surface area contributed by atoms with Crippen LogP contribution in [0.5, 0.6) is 5.88 Å². The van der Waals surface area contributed by atoms with E-state index >= 15 is 0 Å². The summed E-state index contributed by atoms with van der Waals surface area (Å²) in [4.78, 5) is 11.3. The molecule has 0 aromatic carbocycles. The van der Waals surface area contributed by atoms with E-state index in [0.29, 0.717) is 17.5 Å². The number of rotatable bonds is 8. The first-order valence-electron chi connectivity index (χ1n) is 11.0. The average molecular weight is 464 g/mol. The van der Waals surface area contributed by atoms with Gasteiger partial charge in [-0.15, -0.1) is 0 Å². The highest BCUT2D eigenvalue weighted by molar-refractivity contribution is 7.90. The van der Waals surface area contributed by atoms with Gasteiger partial charge < -0.3 is 9.64 Å². The summed E-state index contributed by atoms with van der Waals surface area (Å²) in [5.74, 6) is 3.90.